The molecule has 23 heavy (non-hydrogen) atoms. The molecule has 0 radical (unpaired) electrons. The maximum atomic E-state index is 12.0. The summed E-state index contributed by atoms with van der Waals surface area (Å²) in [4.78, 5) is 14.2. The van der Waals surface area contributed by atoms with Crippen LogP contribution in [0.25, 0.3) is 0 Å². The molecule has 8 nitrogen and oxygen atoms in total. The number of aromatic nitrogens is 2. The van der Waals surface area contributed by atoms with Crippen LogP contribution in [0, 0.1) is 0 Å². The Labute approximate surface area is 133 Å². The maximum absolute atomic E-state index is 12.0. The van der Waals surface area contributed by atoms with Gasteiger partial charge in [0.05, 0.1) is 6.33 Å². The van der Waals surface area contributed by atoms with E-state index in [0.29, 0.717) is 12.2 Å². The number of nitrogens with zero attached hydrogens (tertiary/aromatic N) is 2. The van der Waals surface area contributed by atoms with Gasteiger partial charge in [0, 0.05) is 19.8 Å². The largest absolute Gasteiger partial charge is 0.482 e. The van der Waals surface area contributed by atoms with Gasteiger partial charge in [-0.15, -0.1) is 0 Å². The van der Waals surface area contributed by atoms with E-state index >= 15 is 0 Å². The standard InChI is InChI=1S/C14H17N3O5S/c1-17-8-13(15-10-17)23(20,21)16-7-6-11-2-4-12(5-3-11)22-9-14(18)19/h2-5,8,10,16H,6-7,9H2,1H3,(H,18,19). The highest BCUT2D eigenvalue weighted by Gasteiger charge is 2.15. The van der Waals surface area contributed by atoms with Crippen LogP contribution in [-0.4, -0.2) is 42.2 Å². The monoisotopic (exact) mass is 339 g/mol. The minimum absolute atomic E-state index is 0.0163. The van der Waals surface area contributed by atoms with Crippen molar-refractivity contribution in [1.29, 1.82) is 0 Å². The molecular formula is C14H17N3O5S. The molecule has 0 amide bonds. The Balaban J connectivity index is 1.85. The Morgan fingerprint density at radius 1 is 1.35 bits per heavy atom. The molecule has 0 aliphatic carbocycles. The van der Waals surface area contributed by atoms with Crippen LogP contribution < -0.4 is 9.46 Å². The molecule has 1 aromatic carbocycles. The number of aryl methyl sites for hydroxylation is 1. The van der Waals surface area contributed by atoms with Gasteiger partial charge in [0.15, 0.2) is 11.6 Å². The average molecular weight is 339 g/mol. The Morgan fingerprint density at radius 3 is 2.61 bits per heavy atom. The second-order valence-corrected chi connectivity index (χ2v) is 6.57. The summed E-state index contributed by atoms with van der Waals surface area (Å²) < 4.78 is 33.0. The molecule has 2 aromatic rings. The number of sulfonamides is 1. The molecule has 2 N–H and O–H groups in total. The lowest BCUT2D eigenvalue weighted by molar-refractivity contribution is -0.139. The number of imidazole rings is 1. The predicted molar refractivity (Wildman–Crippen MR) is 81.7 cm³/mol. The van der Waals surface area contributed by atoms with Gasteiger partial charge in [-0.1, -0.05) is 12.1 Å². The number of carboxylic acid groups (broad SMARTS) is 1. The third kappa shape index (κ3) is 5.08. The van der Waals surface area contributed by atoms with E-state index in [1.54, 1.807) is 35.9 Å². The number of carboxylic acids is 1. The topological polar surface area (TPSA) is 111 Å². The number of nitrogens with one attached hydrogen (secondary N) is 1. The van der Waals surface area contributed by atoms with Crippen LogP contribution in [0.2, 0.25) is 0 Å². The summed E-state index contributed by atoms with van der Waals surface area (Å²) in [6, 6.07) is 6.80. The molecule has 9 heteroatoms. The minimum Gasteiger partial charge on any atom is -0.482 e. The van der Waals surface area contributed by atoms with E-state index in [2.05, 4.69) is 9.71 Å². The number of carbonyl (C=O) groups is 1. The lowest BCUT2D eigenvalue weighted by atomic mass is 10.1. The first kappa shape index (κ1) is 17.0. The predicted octanol–water partition coefficient (Wildman–Crippen LogP) is 0.404. The molecule has 2 rings (SSSR count). The van der Waals surface area contributed by atoms with Crippen molar-refractivity contribution in [3.8, 4) is 5.75 Å². The van der Waals surface area contributed by atoms with Gasteiger partial charge in [-0.3, -0.25) is 0 Å². The number of hydrogen-bond acceptors (Lipinski definition) is 5. The molecule has 0 fully saturated rings. The average Bonchev–Trinajstić information content (AvgIpc) is 2.94. The summed E-state index contributed by atoms with van der Waals surface area (Å²) >= 11 is 0. The normalized spacial score (nSPS) is 11.3. The van der Waals surface area contributed by atoms with E-state index in [4.69, 9.17) is 9.84 Å². The van der Waals surface area contributed by atoms with Crippen molar-refractivity contribution in [3.63, 3.8) is 0 Å². The zero-order chi connectivity index (χ0) is 16.9. The molecule has 0 aliphatic heterocycles. The summed E-state index contributed by atoms with van der Waals surface area (Å²) in [6.45, 7) is -0.169. The van der Waals surface area contributed by atoms with Crippen LogP contribution in [0.15, 0.2) is 41.8 Å². The minimum atomic E-state index is -3.61. The van der Waals surface area contributed by atoms with Gasteiger partial charge in [-0.05, 0) is 24.1 Å². The molecule has 0 unspecified atom stereocenters. The SMILES string of the molecule is Cn1cnc(S(=O)(=O)NCCc2ccc(OCC(=O)O)cc2)c1. The third-order valence-electron chi connectivity index (χ3n) is 2.95. The number of hydrogen-bond donors (Lipinski definition) is 2. The molecule has 0 aliphatic rings. The molecular weight excluding hydrogens is 322 g/mol. The van der Waals surface area contributed by atoms with Crippen LogP contribution in [0.4, 0.5) is 0 Å². The second-order valence-electron chi connectivity index (χ2n) is 4.85. The second kappa shape index (κ2) is 7.25. The molecule has 1 heterocycles. The Hall–Kier alpha value is -2.39. The Kier molecular flexibility index (Phi) is 5.35. The van der Waals surface area contributed by atoms with Gasteiger partial charge < -0.3 is 14.4 Å². The first-order valence-electron chi connectivity index (χ1n) is 6.78. The van der Waals surface area contributed by atoms with Gasteiger partial charge in [0.2, 0.25) is 0 Å². The van der Waals surface area contributed by atoms with Crippen LogP contribution in [-0.2, 0) is 28.3 Å². The van der Waals surface area contributed by atoms with Crippen LogP contribution in [0.1, 0.15) is 5.56 Å². The molecule has 0 spiro atoms. The van der Waals surface area contributed by atoms with Crippen molar-refractivity contribution in [2.75, 3.05) is 13.2 Å². The van der Waals surface area contributed by atoms with Gasteiger partial charge in [0.1, 0.15) is 5.75 Å². The zero-order valence-electron chi connectivity index (χ0n) is 12.5. The van der Waals surface area contributed by atoms with E-state index in [-0.39, 0.29) is 11.6 Å². The highest BCUT2D eigenvalue weighted by Crippen LogP contribution is 2.12. The van der Waals surface area contributed by atoms with Crippen molar-refractivity contribution in [3.05, 3.63) is 42.4 Å². The summed E-state index contributed by atoms with van der Waals surface area (Å²) in [5.74, 6) is -0.594. The van der Waals surface area contributed by atoms with Gasteiger partial charge in [-0.2, -0.15) is 0 Å². The van der Waals surface area contributed by atoms with Gasteiger partial charge >= 0.3 is 5.97 Å². The lowest BCUT2D eigenvalue weighted by Gasteiger charge is -2.06. The van der Waals surface area contributed by atoms with E-state index in [1.165, 1.54) is 12.5 Å². The van der Waals surface area contributed by atoms with Crippen molar-refractivity contribution in [1.82, 2.24) is 14.3 Å². The summed E-state index contributed by atoms with van der Waals surface area (Å²) in [6.07, 6.45) is 3.34. The number of benzene rings is 1. The van der Waals surface area contributed by atoms with Crippen molar-refractivity contribution >= 4 is 16.0 Å². The summed E-state index contributed by atoms with van der Waals surface area (Å²) in [5.41, 5.74) is 0.899. The molecule has 124 valence electrons. The fourth-order valence-corrected chi connectivity index (χ4v) is 2.84. The molecule has 0 bridgehead atoms. The molecule has 0 atom stereocenters. The van der Waals surface area contributed by atoms with Crippen LogP contribution >= 0.6 is 0 Å². The highest BCUT2D eigenvalue weighted by atomic mass is 32.2. The maximum Gasteiger partial charge on any atom is 0.341 e. The molecule has 0 saturated heterocycles. The first-order chi connectivity index (χ1) is 10.9. The number of aliphatic carboxylic acids is 1. The summed E-state index contributed by atoms with van der Waals surface area (Å²) in [5, 5.41) is 8.50. The first-order valence-corrected chi connectivity index (χ1v) is 8.26. The van der Waals surface area contributed by atoms with Crippen LogP contribution in [0.5, 0.6) is 5.75 Å². The number of ether oxygens (including phenoxy) is 1. The molecule has 0 saturated carbocycles. The fourth-order valence-electron chi connectivity index (χ4n) is 1.83. The smallest absolute Gasteiger partial charge is 0.341 e. The van der Waals surface area contributed by atoms with Crippen molar-refractivity contribution in [2.45, 2.75) is 11.4 Å². The van der Waals surface area contributed by atoms with Gasteiger partial charge in [-0.25, -0.2) is 22.9 Å². The highest BCUT2D eigenvalue weighted by molar-refractivity contribution is 7.89. The van der Waals surface area contributed by atoms with Gasteiger partial charge in [0.25, 0.3) is 10.0 Å². The Morgan fingerprint density at radius 2 is 2.04 bits per heavy atom. The summed E-state index contributed by atoms with van der Waals surface area (Å²) in [7, 11) is -1.91. The van der Waals surface area contributed by atoms with E-state index in [0.717, 1.165) is 5.56 Å². The quantitative estimate of drug-likeness (QED) is 0.720. The van der Waals surface area contributed by atoms with Crippen LogP contribution in [0.3, 0.4) is 0 Å². The lowest BCUT2D eigenvalue weighted by Crippen LogP contribution is -2.26. The van der Waals surface area contributed by atoms with E-state index in [1.807, 2.05) is 0 Å². The fraction of sp³-hybridized carbons (Fsp3) is 0.286. The Bertz CT molecular complexity index is 768. The molecule has 1 aromatic heterocycles. The van der Waals surface area contributed by atoms with Crippen molar-refractivity contribution in [2.24, 2.45) is 7.05 Å². The number of rotatable bonds is 8. The van der Waals surface area contributed by atoms with Crippen molar-refractivity contribution < 1.29 is 23.1 Å². The van der Waals surface area contributed by atoms with E-state index in [9.17, 15) is 13.2 Å². The zero-order valence-corrected chi connectivity index (χ0v) is 13.3. The van der Waals surface area contributed by atoms with E-state index < -0.39 is 22.6 Å². The third-order valence-corrected chi connectivity index (χ3v) is 4.29.